The molecule has 2 aromatic rings. The second kappa shape index (κ2) is 6.06. The van der Waals surface area contributed by atoms with Gasteiger partial charge in [0.2, 0.25) is 0 Å². The van der Waals surface area contributed by atoms with E-state index < -0.39 is 0 Å². The first-order valence-corrected chi connectivity index (χ1v) is 5.63. The smallest absolute Gasteiger partial charge is 0.0566 e. The van der Waals surface area contributed by atoms with Crippen molar-refractivity contribution in [2.75, 3.05) is 0 Å². The van der Waals surface area contributed by atoms with Gasteiger partial charge in [0.15, 0.2) is 0 Å². The molecule has 0 aliphatic rings. The van der Waals surface area contributed by atoms with Crippen LogP contribution < -0.4 is 5.73 Å². The molecular formula is C14H15Cl2N. The molecule has 1 unspecified atom stereocenters. The summed E-state index contributed by atoms with van der Waals surface area (Å²) in [5.74, 6) is 0. The molecule has 0 heterocycles. The van der Waals surface area contributed by atoms with E-state index in [1.54, 1.807) is 0 Å². The lowest BCUT2D eigenvalue weighted by atomic mass is 9.99. The zero-order valence-electron chi connectivity index (χ0n) is 9.56. The van der Waals surface area contributed by atoms with Crippen molar-refractivity contribution < 1.29 is 0 Å². The zero-order chi connectivity index (χ0) is 11.5. The van der Waals surface area contributed by atoms with E-state index in [1.807, 2.05) is 36.4 Å². The maximum Gasteiger partial charge on any atom is 0.0566 e. The predicted octanol–water partition coefficient (Wildman–Crippen LogP) is 4.12. The number of halogens is 2. The standard InChI is InChI=1S/C14H14ClN.ClH/c1-10-6-8-11(9-7-10)14(16)12-4-2-3-5-13(12)15;/h2-9,14H,16H2,1H3;1H. The van der Waals surface area contributed by atoms with Gasteiger partial charge in [-0.25, -0.2) is 0 Å². The van der Waals surface area contributed by atoms with E-state index in [0.29, 0.717) is 0 Å². The zero-order valence-corrected chi connectivity index (χ0v) is 11.1. The number of hydrogen-bond acceptors (Lipinski definition) is 1. The molecule has 2 rings (SSSR count). The number of aryl methyl sites for hydroxylation is 1. The van der Waals surface area contributed by atoms with Gasteiger partial charge < -0.3 is 5.73 Å². The van der Waals surface area contributed by atoms with Gasteiger partial charge in [0.05, 0.1) is 6.04 Å². The molecule has 17 heavy (non-hydrogen) atoms. The Bertz CT molecular complexity index is 480. The third-order valence-corrected chi connectivity index (χ3v) is 3.02. The Morgan fingerprint density at radius 3 is 2.18 bits per heavy atom. The van der Waals surface area contributed by atoms with Gasteiger partial charge in [0, 0.05) is 5.02 Å². The van der Waals surface area contributed by atoms with Crippen LogP contribution in [0.25, 0.3) is 0 Å². The third-order valence-electron chi connectivity index (χ3n) is 2.68. The molecule has 0 saturated heterocycles. The molecule has 1 nitrogen and oxygen atoms in total. The lowest BCUT2D eigenvalue weighted by Gasteiger charge is -2.14. The van der Waals surface area contributed by atoms with Crippen LogP contribution in [0.15, 0.2) is 48.5 Å². The molecule has 0 amide bonds. The quantitative estimate of drug-likeness (QED) is 0.871. The van der Waals surface area contributed by atoms with E-state index in [2.05, 4.69) is 19.1 Å². The predicted molar refractivity (Wildman–Crippen MR) is 75.9 cm³/mol. The van der Waals surface area contributed by atoms with Crippen molar-refractivity contribution in [2.45, 2.75) is 13.0 Å². The summed E-state index contributed by atoms with van der Waals surface area (Å²) >= 11 is 6.12. The normalized spacial score (nSPS) is 11.7. The first-order valence-electron chi connectivity index (χ1n) is 5.25. The Balaban J connectivity index is 0.00000144. The van der Waals surface area contributed by atoms with Gasteiger partial charge in [0.25, 0.3) is 0 Å². The number of nitrogens with two attached hydrogens (primary N) is 1. The van der Waals surface area contributed by atoms with Gasteiger partial charge in [-0.05, 0) is 24.1 Å². The summed E-state index contributed by atoms with van der Waals surface area (Å²) in [4.78, 5) is 0. The monoisotopic (exact) mass is 267 g/mol. The van der Waals surface area contributed by atoms with E-state index in [0.717, 1.165) is 16.1 Å². The second-order valence-corrected chi connectivity index (χ2v) is 4.32. The summed E-state index contributed by atoms with van der Waals surface area (Å²) in [5.41, 5.74) is 9.46. The van der Waals surface area contributed by atoms with Crippen LogP contribution in [0.2, 0.25) is 5.02 Å². The van der Waals surface area contributed by atoms with Gasteiger partial charge in [-0.1, -0.05) is 59.6 Å². The molecular weight excluding hydrogens is 253 g/mol. The maximum absolute atomic E-state index is 6.18. The van der Waals surface area contributed by atoms with Crippen molar-refractivity contribution in [3.05, 3.63) is 70.2 Å². The molecule has 90 valence electrons. The summed E-state index contributed by atoms with van der Waals surface area (Å²) in [6, 6.07) is 15.8. The summed E-state index contributed by atoms with van der Waals surface area (Å²) < 4.78 is 0. The molecule has 3 heteroatoms. The average molecular weight is 268 g/mol. The van der Waals surface area contributed by atoms with E-state index in [-0.39, 0.29) is 18.4 Å². The Morgan fingerprint density at radius 1 is 1.00 bits per heavy atom. The van der Waals surface area contributed by atoms with Crippen LogP contribution in [0.4, 0.5) is 0 Å². The van der Waals surface area contributed by atoms with Gasteiger partial charge in [0.1, 0.15) is 0 Å². The summed E-state index contributed by atoms with van der Waals surface area (Å²) in [5, 5.41) is 0.718. The average Bonchev–Trinajstić information content (AvgIpc) is 2.30. The van der Waals surface area contributed by atoms with E-state index in [1.165, 1.54) is 5.56 Å². The van der Waals surface area contributed by atoms with Crippen molar-refractivity contribution in [3.8, 4) is 0 Å². The molecule has 0 aromatic heterocycles. The van der Waals surface area contributed by atoms with Crippen LogP contribution >= 0.6 is 24.0 Å². The summed E-state index contributed by atoms with van der Waals surface area (Å²) in [6.07, 6.45) is 0. The van der Waals surface area contributed by atoms with Gasteiger partial charge >= 0.3 is 0 Å². The molecule has 0 radical (unpaired) electrons. The van der Waals surface area contributed by atoms with E-state index >= 15 is 0 Å². The Hall–Kier alpha value is -1.02. The minimum absolute atomic E-state index is 0. The molecule has 2 aromatic carbocycles. The van der Waals surface area contributed by atoms with E-state index in [4.69, 9.17) is 17.3 Å². The number of hydrogen-bond donors (Lipinski definition) is 1. The van der Waals surface area contributed by atoms with Crippen molar-refractivity contribution in [1.82, 2.24) is 0 Å². The second-order valence-electron chi connectivity index (χ2n) is 3.91. The van der Waals surface area contributed by atoms with Gasteiger partial charge in [-0.3, -0.25) is 0 Å². The lowest BCUT2D eigenvalue weighted by Crippen LogP contribution is -2.12. The summed E-state index contributed by atoms with van der Waals surface area (Å²) in [7, 11) is 0. The molecule has 0 spiro atoms. The molecule has 1 atom stereocenters. The number of rotatable bonds is 2. The molecule has 0 aliphatic carbocycles. The Kier molecular flexibility index (Phi) is 5.01. The van der Waals surface area contributed by atoms with Crippen LogP contribution in [0.3, 0.4) is 0 Å². The fraction of sp³-hybridized carbons (Fsp3) is 0.143. The largest absolute Gasteiger partial charge is 0.320 e. The fourth-order valence-electron chi connectivity index (χ4n) is 1.68. The highest BCUT2D eigenvalue weighted by Crippen LogP contribution is 2.26. The van der Waals surface area contributed by atoms with Crippen LogP contribution in [-0.2, 0) is 0 Å². The Labute approximate surface area is 113 Å². The van der Waals surface area contributed by atoms with Crippen LogP contribution in [-0.4, -0.2) is 0 Å². The third kappa shape index (κ3) is 3.22. The minimum Gasteiger partial charge on any atom is -0.320 e. The molecule has 0 fully saturated rings. The van der Waals surface area contributed by atoms with Crippen molar-refractivity contribution >= 4 is 24.0 Å². The summed E-state index contributed by atoms with van der Waals surface area (Å²) in [6.45, 7) is 2.06. The van der Waals surface area contributed by atoms with Crippen LogP contribution in [0, 0.1) is 6.92 Å². The van der Waals surface area contributed by atoms with Crippen molar-refractivity contribution in [1.29, 1.82) is 0 Å². The van der Waals surface area contributed by atoms with E-state index in [9.17, 15) is 0 Å². The minimum atomic E-state index is -0.158. The molecule has 0 saturated carbocycles. The first kappa shape index (κ1) is 14.0. The van der Waals surface area contributed by atoms with Crippen molar-refractivity contribution in [2.24, 2.45) is 5.73 Å². The lowest BCUT2D eigenvalue weighted by molar-refractivity contribution is 0.871. The molecule has 0 bridgehead atoms. The van der Waals surface area contributed by atoms with Crippen LogP contribution in [0.5, 0.6) is 0 Å². The molecule has 0 aliphatic heterocycles. The SMILES string of the molecule is Cc1ccc(C(N)c2ccccc2Cl)cc1.Cl. The maximum atomic E-state index is 6.18. The van der Waals surface area contributed by atoms with Crippen LogP contribution in [0.1, 0.15) is 22.7 Å². The highest BCUT2D eigenvalue weighted by atomic mass is 35.5. The highest BCUT2D eigenvalue weighted by Gasteiger charge is 2.11. The highest BCUT2D eigenvalue weighted by molar-refractivity contribution is 6.31. The van der Waals surface area contributed by atoms with Gasteiger partial charge in [-0.15, -0.1) is 12.4 Å². The fourth-order valence-corrected chi connectivity index (χ4v) is 1.93. The topological polar surface area (TPSA) is 26.0 Å². The molecule has 2 N–H and O–H groups in total. The number of benzene rings is 2. The van der Waals surface area contributed by atoms with Gasteiger partial charge in [-0.2, -0.15) is 0 Å². The Morgan fingerprint density at radius 2 is 1.59 bits per heavy atom. The van der Waals surface area contributed by atoms with Crippen molar-refractivity contribution in [3.63, 3.8) is 0 Å². The first-order chi connectivity index (χ1) is 7.68.